The lowest BCUT2D eigenvalue weighted by molar-refractivity contribution is -0.385. The number of benzene rings is 2. The molecule has 7 heteroatoms. The average Bonchev–Trinajstić information content (AvgIpc) is 2.38. The summed E-state index contributed by atoms with van der Waals surface area (Å²) < 4.78 is 19.4. The molecule has 20 heavy (non-hydrogen) atoms. The van der Waals surface area contributed by atoms with Crippen molar-refractivity contribution in [2.45, 2.75) is 5.33 Å². The molecule has 2 aromatic rings. The summed E-state index contributed by atoms with van der Waals surface area (Å²) in [5.74, 6) is -0.342. The topological polar surface area (TPSA) is 52.4 Å². The number of halogens is 3. The van der Waals surface area contributed by atoms with Gasteiger partial charge in [0, 0.05) is 21.9 Å². The molecule has 0 radical (unpaired) electrons. The van der Waals surface area contributed by atoms with Crippen LogP contribution < -0.4 is 4.74 Å². The number of nitro groups is 1. The Balaban J connectivity index is 2.36. The highest BCUT2D eigenvalue weighted by atomic mass is 79.9. The van der Waals surface area contributed by atoms with Crippen LogP contribution in [0.15, 0.2) is 40.9 Å². The Bertz CT molecular complexity index is 664. The molecule has 0 atom stereocenters. The Morgan fingerprint density at radius 2 is 2.00 bits per heavy atom. The van der Waals surface area contributed by atoms with Crippen molar-refractivity contribution in [1.29, 1.82) is 0 Å². The molecule has 0 spiro atoms. The van der Waals surface area contributed by atoms with Gasteiger partial charge in [-0.05, 0) is 23.8 Å². The van der Waals surface area contributed by atoms with Crippen LogP contribution in [0.3, 0.4) is 0 Å². The second-order valence-electron chi connectivity index (χ2n) is 3.86. The Labute approximate surface area is 131 Å². The summed E-state index contributed by atoms with van der Waals surface area (Å²) in [4.78, 5) is 10.3. The number of nitrogens with zero attached hydrogens (tertiary/aromatic N) is 1. The molecule has 0 aliphatic rings. The van der Waals surface area contributed by atoms with Crippen LogP contribution in [0.4, 0.5) is 10.1 Å². The predicted molar refractivity (Wildman–Crippen MR) is 79.9 cm³/mol. The van der Waals surface area contributed by atoms with Gasteiger partial charge in [-0.1, -0.05) is 37.9 Å². The number of hydrogen-bond acceptors (Lipinski definition) is 3. The Morgan fingerprint density at radius 3 is 2.60 bits per heavy atom. The predicted octanol–water partition coefficient (Wildman–Crippen LogP) is 5.18. The fraction of sp³-hybridized carbons (Fsp3) is 0.0769. The van der Waals surface area contributed by atoms with Gasteiger partial charge in [-0.25, -0.2) is 4.39 Å². The zero-order chi connectivity index (χ0) is 14.7. The van der Waals surface area contributed by atoms with Gasteiger partial charge in [0.05, 0.1) is 4.92 Å². The minimum Gasteiger partial charge on any atom is -0.450 e. The highest BCUT2D eigenvalue weighted by Crippen LogP contribution is 2.33. The van der Waals surface area contributed by atoms with Crippen molar-refractivity contribution in [2.75, 3.05) is 0 Å². The molecule has 0 saturated heterocycles. The fourth-order valence-corrected chi connectivity index (χ4v) is 2.91. The summed E-state index contributed by atoms with van der Waals surface area (Å²) in [7, 11) is 0. The standard InChI is InChI=1S/C13H8Br2FNO3/c14-7-8-1-3-10(6-11(8)15)20-13-5-9(16)2-4-12(13)17(18)19/h1-6H,7H2. The maximum atomic E-state index is 13.2. The van der Waals surface area contributed by atoms with Gasteiger partial charge in [-0.15, -0.1) is 0 Å². The first-order valence-corrected chi connectivity index (χ1v) is 7.39. The summed E-state index contributed by atoms with van der Waals surface area (Å²) in [5, 5.41) is 11.5. The average molecular weight is 405 g/mol. The quantitative estimate of drug-likeness (QED) is 0.400. The number of rotatable bonds is 4. The SMILES string of the molecule is O=[N+]([O-])c1ccc(F)cc1Oc1ccc(CBr)c(Br)c1. The molecule has 0 saturated carbocycles. The lowest BCUT2D eigenvalue weighted by atomic mass is 10.2. The smallest absolute Gasteiger partial charge is 0.311 e. The lowest BCUT2D eigenvalue weighted by Gasteiger charge is -2.08. The van der Waals surface area contributed by atoms with E-state index in [-0.39, 0.29) is 11.4 Å². The molecule has 0 aromatic heterocycles. The van der Waals surface area contributed by atoms with E-state index in [0.29, 0.717) is 11.1 Å². The van der Waals surface area contributed by atoms with Gasteiger partial charge in [0.2, 0.25) is 5.75 Å². The van der Waals surface area contributed by atoms with E-state index in [1.165, 1.54) is 0 Å². The Hall–Kier alpha value is -1.47. The zero-order valence-corrected chi connectivity index (χ0v) is 13.1. The minimum absolute atomic E-state index is 0.131. The van der Waals surface area contributed by atoms with Crippen LogP contribution in [0, 0.1) is 15.9 Å². The molecule has 0 unspecified atom stereocenters. The maximum Gasteiger partial charge on any atom is 0.311 e. The van der Waals surface area contributed by atoms with Crippen molar-refractivity contribution in [3.05, 3.63) is 62.4 Å². The van der Waals surface area contributed by atoms with Crippen molar-refractivity contribution < 1.29 is 14.1 Å². The van der Waals surface area contributed by atoms with E-state index in [4.69, 9.17) is 4.74 Å². The highest BCUT2D eigenvalue weighted by Gasteiger charge is 2.17. The third-order valence-electron chi connectivity index (χ3n) is 2.51. The van der Waals surface area contributed by atoms with Gasteiger partial charge in [-0.2, -0.15) is 0 Å². The van der Waals surface area contributed by atoms with Crippen LogP contribution in [0.1, 0.15) is 5.56 Å². The number of alkyl halides is 1. The van der Waals surface area contributed by atoms with E-state index in [0.717, 1.165) is 28.2 Å². The zero-order valence-electron chi connectivity index (χ0n) is 9.98. The van der Waals surface area contributed by atoms with Crippen molar-refractivity contribution in [1.82, 2.24) is 0 Å². The van der Waals surface area contributed by atoms with E-state index in [1.54, 1.807) is 18.2 Å². The van der Waals surface area contributed by atoms with E-state index in [1.807, 2.05) is 0 Å². The second kappa shape index (κ2) is 6.32. The van der Waals surface area contributed by atoms with E-state index >= 15 is 0 Å². The van der Waals surface area contributed by atoms with Gasteiger partial charge < -0.3 is 4.74 Å². The Morgan fingerprint density at radius 1 is 1.25 bits per heavy atom. The first kappa shape index (κ1) is 14.9. The van der Waals surface area contributed by atoms with Crippen LogP contribution in [-0.4, -0.2) is 4.92 Å². The van der Waals surface area contributed by atoms with Gasteiger partial charge in [0.1, 0.15) is 11.6 Å². The third kappa shape index (κ3) is 3.34. The van der Waals surface area contributed by atoms with Gasteiger partial charge in [0.15, 0.2) is 0 Å². The van der Waals surface area contributed by atoms with Crippen molar-refractivity contribution >= 4 is 37.5 Å². The highest BCUT2D eigenvalue weighted by molar-refractivity contribution is 9.10. The molecular weight excluding hydrogens is 397 g/mol. The molecular formula is C13H8Br2FNO3. The summed E-state index contributed by atoms with van der Waals surface area (Å²) >= 11 is 6.69. The minimum atomic E-state index is -0.614. The maximum absolute atomic E-state index is 13.2. The molecule has 0 fully saturated rings. The summed E-state index contributed by atoms with van der Waals surface area (Å²) in [6, 6.07) is 8.23. The molecule has 104 valence electrons. The van der Waals surface area contributed by atoms with Crippen LogP contribution in [0.2, 0.25) is 0 Å². The van der Waals surface area contributed by atoms with Crippen LogP contribution >= 0.6 is 31.9 Å². The van der Waals surface area contributed by atoms with Crippen molar-refractivity contribution in [3.63, 3.8) is 0 Å². The number of nitro benzene ring substituents is 1. The van der Waals surface area contributed by atoms with Crippen LogP contribution in [0.25, 0.3) is 0 Å². The van der Waals surface area contributed by atoms with Gasteiger partial charge >= 0.3 is 5.69 Å². The first-order valence-electron chi connectivity index (χ1n) is 5.47. The lowest BCUT2D eigenvalue weighted by Crippen LogP contribution is -1.94. The van der Waals surface area contributed by atoms with Gasteiger partial charge in [0.25, 0.3) is 0 Å². The molecule has 4 nitrogen and oxygen atoms in total. The summed E-state index contributed by atoms with van der Waals surface area (Å²) in [5.41, 5.74) is 0.721. The van der Waals surface area contributed by atoms with Crippen LogP contribution in [-0.2, 0) is 5.33 Å². The molecule has 0 bridgehead atoms. The summed E-state index contributed by atoms with van der Waals surface area (Å²) in [6.45, 7) is 0. The number of hydrogen-bond donors (Lipinski definition) is 0. The Kier molecular flexibility index (Phi) is 4.72. The van der Waals surface area contributed by atoms with Crippen molar-refractivity contribution in [3.8, 4) is 11.5 Å². The second-order valence-corrected chi connectivity index (χ2v) is 5.27. The third-order valence-corrected chi connectivity index (χ3v) is 3.86. The van der Waals surface area contributed by atoms with Gasteiger partial charge in [-0.3, -0.25) is 10.1 Å². The first-order chi connectivity index (χ1) is 9.51. The van der Waals surface area contributed by atoms with E-state index < -0.39 is 10.7 Å². The van der Waals surface area contributed by atoms with Crippen molar-refractivity contribution in [2.24, 2.45) is 0 Å². The molecule has 0 N–H and O–H groups in total. The molecule has 0 aliphatic carbocycles. The van der Waals surface area contributed by atoms with E-state index in [2.05, 4.69) is 31.9 Å². The summed E-state index contributed by atoms with van der Waals surface area (Å²) in [6.07, 6.45) is 0. The van der Waals surface area contributed by atoms with Crippen LogP contribution in [0.5, 0.6) is 11.5 Å². The molecule has 0 amide bonds. The fourth-order valence-electron chi connectivity index (χ4n) is 1.55. The normalized spacial score (nSPS) is 10.3. The molecule has 2 rings (SSSR count). The molecule has 0 aliphatic heterocycles. The number of ether oxygens (including phenoxy) is 1. The monoisotopic (exact) mass is 403 g/mol. The largest absolute Gasteiger partial charge is 0.450 e. The molecule has 2 aromatic carbocycles. The van der Waals surface area contributed by atoms with E-state index in [9.17, 15) is 14.5 Å². The molecule has 0 heterocycles.